The lowest BCUT2D eigenvalue weighted by Crippen LogP contribution is -2.31. The molecule has 0 spiro atoms. The second kappa shape index (κ2) is 8.94. The Morgan fingerprint density at radius 2 is 1.96 bits per heavy atom. The molecule has 2 amide bonds. The van der Waals surface area contributed by atoms with Crippen LogP contribution >= 0.6 is 11.6 Å². The quantitative estimate of drug-likeness (QED) is 0.572. The third-order valence-corrected chi connectivity index (χ3v) is 3.04. The van der Waals surface area contributed by atoms with Gasteiger partial charge in [0.25, 0.3) is 0 Å². The molecule has 0 radical (unpaired) electrons. The zero-order valence-corrected chi connectivity index (χ0v) is 13.9. The van der Waals surface area contributed by atoms with Crippen LogP contribution in [0, 0.1) is 0 Å². The first-order valence-electron chi connectivity index (χ1n) is 6.64. The van der Waals surface area contributed by atoms with Gasteiger partial charge >= 0.3 is 12.1 Å². The van der Waals surface area contributed by atoms with Gasteiger partial charge < -0.3 is 14.4 Å². The zero-order valence-electron chi connectivity index (χ0n) is 13.1. The number of rotatable bonds is 6. The second-order valence-electron chi connectivity index (χ2n) is 4.60. The number of anilines is 1. The van der Waals surface area contributed by atoms with Crippen molar-refractivity contribution >= 4 is 35.4 Å². The highest BCUT2D eigenvalue weighted by Gasteiger charge is 2.18. The number of aromatic nitrogens is 1. The molecule has 0 bridgehead atoms. The topological polar surface area (TPSA) is 89.0 Å². The van der Waals surface area contributed by atoms with Crippen molar-refractivity contribution in [1.82, 2.24) is 9.88 Å². The van der Waals surface area contributed by atoms with E-state index in [1.54, 1.807) is 12.1 Å². The van der Waals surface area contributed by atoms with E-state index in [-0.39, 0.29) is 30.9 Å². The monoisotopic (exact) mass is 343 g/mol. The lowest BCUT2D eigenvalue weighted by molar-refractivity contribution is -0.149. The molecule has 0 aliphatic heterocycles. The molecule has 0 atom stereocenters. The number of hydrogen-bond acceptors (Lipinski definition) is 6. The third-order valence-electron chi connectivity index (χ3n) is 2.93. The summed E-state index contributed by atoms with van der Waals surface area (Å²) in [6, 6.07) is 3.03. The van der Waals surface area contributed by atoms with Crippen molar-refractivity contribution in [2.24, 2.45) is 0 Å². The molecule has 0 aliphatic carbocycles. The molecular formula is C14H18ClN3O5. The molecule has 0 aliphatic rings. The van der Waals surface area contributed by atoms with Gasteiger partial charge in [-0.3, -0.25) is 14.5 Å². The Morgan fingerprint density at radius 1 is 1.26 bits per heavy atom. The second-order valence-corrected chi connectivity index (χ2v) is 4.82. The summed E-state index contributed by atoms with van der Waals surface area (Å²) in [5.41, 5.74) is 0.514. The van der Waals surface area contributed by atoms with Crippen molar-refractivity contribution in [3.63, 3.8) is 0 Å². The van der Waals surface area contributed by atoms with Gasteiger partial charge in [0.2, 0.25) is 5.91 Å². The molecule has 9 heteroatoms. The predicted molar refractivity (Wildman–Crippen MR) is 82.9 cm³/mol. The van der Waals surface area contributed by atoms with Crippen molar-refractivity contribution in [1.29, 1.82) is 0 Å². The Hall–Kier alpha value is -2.35. The maximum absolute atomic E-state index is 11.7. The lowest BCUT2D eigenvalue weighted by Gasteiger charge is -2.19. The van der Waals surface area contributed by atoms with Crippen LogP contribution in [0.1, 0.15) is 12.5 Å². The first kappa shape index (κ1) is 18.7. The molecule has 1 heterocycles. The van der Waals surface area contributed by atoms with Crippen LogP contribution < -0.4 is 4.90 Å². The number of hydrogen-bond donors (Lipinski definition) is 0. The highest BCUT2D eigenvalue weighted by atomic mass is 35.5. The molecule has 0 saturated heterocycles. The fourth-order valence-corrected chi connectivity index (χ4v) is 1.68. The molecule has 1 rings (SSSR count). The van der Waals surface area contributed by atoms with E-state index in [9.17, 15) is 14.4 Å². The number of carbonyl (C=O) groups excluding carboxylic acids is 3. The van der Waals surface area contributed by atoms with Crippen LogP contribution in [0.3, 0.4) is 0 Å². The molecular weight excluding hydrogens is 326 g/mol. The van der Waals surface area contributed by atoms with E-state index in [1.165, 1.54) is 32.1 Å². The Kier molecular flexibility index (Phi) is 7.27. The average Bonchev–Trinajstić information content (AvgIpc) is 2.52. The van der Waals surface area contributed by atoms with Crippen LogP contribution in [0.5, 0.6) is 0 Å². The van der Waals surface area contributed by atoms with Crippen molar-refractivity contribution in [3.05, 3.63) is 23.9 Å². The maximum Gasteiger partial charge on any atom is 0.416 e. The van der Waals surface area contributed by atoms with E-state index in [2.05, 4.69) is 9.72 Å². The number of alkyl halides is 1. The SMILES string of the molecule is CC(=O)N(C)CC(=O)OCc1cccnc1N(C)C(=O)OCCl. The Morgan fingerprint density at radius 3 is 2.57 bits per heavy atom. The molecule has 0 fully saturated rings. The van der Waals surface area contributed by atoms with Gasteiger partial charge in [0.05, 0.1) is 0 Å². The Bertz CT molecular complexity index is 581. The fourth-order valence-electron chi connectivity index (χ4n) is 1.58. The van der Waals surface area contributed by atoms with Crippen molar-refractivity contribution < 1.29 is 23.9 Å². The molecule has 0 aromatic carbocycles. The van der Waals surface area contributed by atoms with Gasteiger partial charge in [-0.1, -0.05) is 17.7 Å². The average molecular weight is 344 g/mol. The van der Waals surface area contributed by atoms with E-state index in [1.807, 2.05) is 0 Å². The summed E-state index contributed by atoms with van der Waals surface area (Å²) in [4.78, 5) is 40.9. The number of likely N-dealkylation sites (N-methyl/N-ethyl adjacent to an activating group) is 1. The Labute approximate surface area is 138 Å². The molecule has 126 valence electrons. The van der Waals surface area contributed by atoms with E-state index >= 15 is 0 Å². The number of nitrogens with zero attached hydrogens (tertiary/aromatic N) is 3. The minimum Gasteiger partial charge on any atom is -0.459 e. The molecule has 0 saturated carbocycles. The third kappa shape index (κ3) is 5.74. The highest BCUT2D eigenvalue weighted by molar-refractivity contribution is 6.17. The first-order chi connectivity index (χ1) is 10.9. The summed E-state index contributed by atoms with van der Waals surface area (Å²) in [6.07, 6.45) is 0.817. The lowest BCUT2D eigenvalue weighted by atomic mass is 10.2. The smallest absolute Gasteiger partial charge is 0.416 e. The minimum atomic E-state index is -0.678. The summed E-state index contributed by atoms with van der Waals surface area (Å²) in [5.74, 6) is -0.522. The van der Waals surface area contributed by atoms with E-state index < -0.39 is 12.1 Å². The van der Waals surface area contributed by atoms with Crippen LogP contribution in [-0.4, -0.2) is 54.6 Å². The number of ether oxygens (including phenoxy) is 2. The van der Waals surface area contributed by atoms with Crippen LogP contribution in [0.4, 0.5) is 10.6 Å². The molecule has 0 unspecified atom stereocenters. The van der Waals surface area contributed by atoms with Gasteiger partial charge in [-0.25, -0.2) is 9.78 Å². The van der Waals surface area contributed by atoms with E-state index in [0.717, 1.165) is 4.90 Å². The van der Waals surface area contributed by atoms with Gasteiger partial charge in [0, 0.05) is 32.8 Å². The van der Waals surface area contributed by atoms with Crippen molar-refractivity contribution in [2.45, 2.75) is 13.5 Å². The van der Waals surface area contributed by atoms with E-state index in [4.69, 9.17) is 16.3 Å². The van der Waals surface area contributed by atoms with Gasteiger partial charge in [-0.05, 0) is 6.07 Å². The summed E-state index contributed by atoms with van der Waals surface area (Å²) in [6.45, 7) is 1.10. The fraction of sp³-hybridized carbons (Fsp3) is 0.429. The van der Waals surface area contributed by atoms with Crippen molar-refractivity contribution in [3.8, 4) is 0 Å². The number of esters is 1. The Balaban J connectivity index is 2.72. The van der Waals surface area contributed by atoms with Gasteiger partial charge in [0.15, 0.2) is 6.07 Å². The maximum atomic E-state index is 11.7. The normalized spacial score (nSPS) is 9.91. The van der Waals surface area contributed by atoms with Gasteiger partial charge in [0.1, 0.15) is 19.0 Å². The molecule has 23 heavy (non-hydrogen) atoms. The van der Waals surface area contributed by atoms with Crippen LogP contribution in [-0.2, 0) is 25.7 Å². The highest BCUT2D eigenvalue weighted by Crippen LogP contribution is 2.17. The van der Waals surface area contributed by atoms with Crippen molar-refractivity contribution in [2.75, 3.05) is 31.6 Å². The number of carbonyl (C=O) groups is 3. The largest absolute Gasteiger partial charge is 0.459 e. The first-order valence-corrected chi connectivity index (χ1v) is 7.18. The predicted octanol–water partition coefficient (Wildman–Crippen LogP) is 1.37. The summed E-state index contributed by atoms with van der Waals surface area (Å²) >= 11 is 5.35. The summed E-state index contributed by atoms with van der Waals surface area (Å²) < 4.78 is 9.78. The molecule has 1 aromatic heterocycles. The molecule has 0 N–H and O–H groups in total. The summed E-state index contributed by atoms with van der Waals surface area (Å²) in [7, 11) is 2.96. The zero-order chi connectivity index (χ0) is 17.4. The number of halogens is 1. The van der Waals surface area contributed by atoms with E-state index in [0.29, 0.717) is 5.56 Å². The van der Waals surface area contributed by atoms with Gasteiger partial charge in [-0.15, -0.1) is 0 Å². The minimum absolute atomic E-state index is 0.0910. The van der Waals surface area contributed by atoms with Crippen LogP contribution in [0.15, 0.2) is 18.3 Å². The summed E-state index contributed by atoms with van der Waals surface area (Å²) in [5, 5.41) is 0. The molecule has 1 aromatic rings. The van der Waals surface area contributed by atoms with Crippen LogP contribution in [0.2, 0.25) is 0 Å². The van der Waals surface area contributed by atoms with Gasteiger partial charge in [-0.2, -0.15) is 0 Å². The standard InChI is InChI=1S/C14H18ClN3O5/c1-10(19)17(2)7-12(20)22-8-11-5-4-6-16-13(11)18(3)14(21)23-9-15/h4-6H,7-9H2,1-3H3. The number of amides is 2. The van der Waals surface area contributed by atoms with Crippen LogP contribution in [0.25, 0.3) is 0 Å². The molecule has 8 nitrogen and oxygen atoms in total. The number of pyridine rings is 1.